The van der Waals surface area contributed by atoms with E-state index in [1.165, 1.54) is 12.8 Å². The predicted octanol–water partition coefficient (Wildman–Crippen LogP) is 2.68. The van der Waals surface area contributed by atoms with Crippen molar-refractivity contribution < 1.29 is 4.52 Å². The molecule has 6 heteroatoms. The van der Waals surface area contributed by atoms with Gasteiger partial charge in [0, 0.05) is 28.8 Å². The number of nitrogens with zero attached hydrogens (tertiary/aromatic N) is 3. The zero-order valence-corrected chi connectivity index (χ0v) is 11.4. The fourth-order valence-corrected chi connectivity index (χ4v) is 2.63. The van der Waals surface area contributed by atoms with Crippen LogP contribution < -0.4 is 10.6 Å². The summed E-state index contributed by atoms with van der Waals surface area (Å²) >= 11 is 3.40. The summed E-state index contributed by atoms with van der Waals surface area (Å²) in [5, 5.41) is 4.02. The lowest BCUT2D eigenvalue weighted by atomic mass is 10.2. The fraction of sp³-hybridized carbons (Fsp3) is 0.333. The summed E-state index contributed by atoms with van der Waals surface area (Å²) in [5.74, 6) is 1.17. The minimum atomic E-state index is 0.505. The Morgan fingerprint density at radius 3 is 2.72 bits per heavy atom. The van der Waals surface area contributed by atoms with E-state index in [0.29, 0.717) is 17.5 Å². The average Bonchev–Trinajstić information content (AvgIpc) is 2.99. The molecule has 0 atom stereocenters. The molecule has 2 aromatic rings. The van der Waals surface area contributed by atoms with Crippen molar-refractivity contribution in [3.8, 4) is 11.5 Å². The third-order valence-electron chi connectivity index (χ3n) is 2.97. The third kappa shape index (κ3) is 2.20. The van der Waals surface area contributed by atoms with E-state index in [9.17, 15) is 0 Å². The zero-order valence-electron chi connectivity index (χ0n) is 9.77. The first-order chi connectivity index (χ1) is 8.72. The molecule has 2 N–H and O–H groups in total. The molecule has 1 aliphatic rings. The number of benzene rings is 1. The van der Waals surface area contributed by atoms with Crippen molar-refractivity contribution in [2.45, 2.75) is 12.8 Å². The van der Waals surface area contributed by atoms with E-state index < -0.39 is 0 Å². The molecule has 18 heavy (non-hydrogen) atoms. The summed E-state index contributed by atoms with van der Waals surface area (Å²) in [4.78, 5) is 6.55. The molecule has 1 aromatic heterocycles. The van der Waals surface area contributed by atoms with Crippen molar-refractivity contribution in [3.05, 3.63) is 22.7 Å². The van der Waals surface area contributed by atoms with Crippen LogP contribution in [-0.4, -0.2) is 23.2 Å². The van der Waals surface area contributed by atoms with Gasteiger partial charge in [0.05, 0.1) is 0 Å². The highest BCUT2D eigenvalue weighted by atomic mass is 79.9. The summed E-state index contributed by atoms with van der Waals surface area (Å²) in [5.41, 5.74) is 7.30. The molecule has 2 heterocycles. The largest absolute Gasteiger partial charge is 0.399 e. The van der Waals surface area contributed by atoms with E-state index in [0.717, 1.165) is 23.1 Å². The van der Waals surface area contributed by atoms with Gasteiger partial charge in [-0.15, -0.1) is 0 Å². The van der Waals surface area contributed by atoms with Gasteiger partial charge in [-0.05, 0) is 36.2 Å². The van der Waals surface area contributed by atoms with Crippen molar-refractivity contribution >= 4 is 27.6 Å². The van der Waals surface area contributed by atoms with E-state index in [1.54, 1.807) is 0 Å². The van der Waals surface area contributed by atoms with Gasteiger partial charge < -0.3 is 15.2 Å². The Kier molecular flexibility index (Phi) is 2.95. The van der Waals surface area contributed by atoms with Gasteiger partial charge in [0.25, 0.3) is 11.8 Å². The highest BCUT2D eigenvalue weighted by molar-refractivity contribution is 9.10. The SMILES string of the molecule is Nc1cc(Br)cc(-c2nc(N3CCCC3)no2)c1. The van der Waals surface area contributed by atoms with Gasteiger partial charge in [-0.2, -0.15) is 4.98 Å². The quantitative estimate of drug-likeness (QED) is 0.864. The Morgan fingerprint density at radius 1 is 1.22 bits per heavy atom. The number of hydrogen-bond acceptors (Lipinski definition) is 5. The molecular formula is C12H13BrN4O. The molecule has 1 saturated heterocycles. The molecule has 94 valence electrons. The molecule has 1 fully saturated rings. The van der Waals surface area contributed by atoms with Crippen LogP contribution in [0.15, 0.2) is 27.2 Å². The van der Waals surface area contributed by atoms with Gasteiger partial charge in [0.15, 0.2) is 0 Å². The Morgan fingerprint density at radius 2 is 2.00 bits per heavy atom. The van der Waals surface area contributed by atoms with Crippen LogP contribution in [0.5, 0.6) is 0 Å². The van der Waals surface area contributed by atoms with E-state index in [1.807, 2.05) is 18.2 Å². The van der Waals surface area contributed by atoms with Crippen LogP contribution in [0, 0.1) is 0 Å². The third-order valence-corrected chi connectivity index (χ3v) is 3.43. The first-order valence-electron chi connectivity index (χ1n) is 5.87. The van der Waals surface area contributed by atoms with Gasteiger partial charge in [-0.1, -0.05) is 15.9 Å². The number of hydrogen-bond donors (Lipinski definition) is 1. The molecule has 5 nitrogen and oxygen atoms in total. The first-order valence-corrected chi connectivity index (χ1v) is 6.67. The summed E-state index contributed by atoms with van der Waals surface area (Å²) < 4.78 is 6.20. The zero-order chi connectivity index (χ0) is 12.5. The maximum atomic E-state index is 5.80. The lowest BCUT2D eigenvalue weighted by Crippen LogP contribution is -2.18. The number of nitrogens with two attached hydrogens (primary N) is 1. The van der Waals surface area contributed by atoms with Gasteiger partial charge >= 0.3 is 0 Å². The van der Waals surface area contributed by atoms with Crippen LogP contribution in [0.3, 0.4) is 0 Å². The molecule has 1 aromatic carbocycles. The normalized spacial score (nSPS) is 15.3. The Balaban J connectivity index is 1.92. The molecule has 0 spiro atoms. The van der Waals surface area contributed by atoms with Gasteiger partial charge in [-0.3, -0.25) is 0 Å². The van der Waals surface area contributed by atoms with Crippen LogP contribution in [0.1, 0.15) is 12.8 Å². The van der Waals surface area contributed by atoms with E-state index in [-0.39, 0.29) is 0 Å². The number of nitrogen functional groups attached to an aromatic ring is 1. The number of anilines is 2. The fourth-order valence-electron chi connectivity index (χ4n) is 2.11. The van der Waals surface area contributed by atoms with Crippen LogP contribution in [0.25, 0.3) is 11.5 Å². The lowest BCUT2D eigenvalue weighted by molar-refractivity contribution is 0.430. The number of aromatic nitrogens is 2. The Bertz CT molecular complexity index is 543. The maximum absolute atomic E-state index is 5.80. The Labute approximate surface area is 113 Å². The molecular weight excluding hydrogens is 296 g/mol. The summed E-state index contributed by atoms with van der Waals surface area (Å²) in [6, 6.07) is 5.57. The summed E-state index contributed by atoms with van der Waals surface area (Å²) in [6.45, 7) is 2.00. The van der Waals surface area contributed by atoms with E-state index in [2.05, 4.69) is 31.0 Å². The molecule has 0 unspecified atom stereocenters. The topological polar surface area (TPSA) is 68.2 Å². The minimum absolute atomic E-state index is 0.505. The van der Waals surface area contributed by atoms with Crippen LogP contribution >= 0.6 is 15.9 Å². The molecule has 0 amide bonds. The molecule has 0 radical (unpaired) electrons. The first kappa shape index (κ1) is 11.5. The summed E-state index contributed by atoms with van der Waals surface area (Å²) in [7, 11) is 0. The average molecular weight is 309 g/mol. The van der Waals surface area contributed by atoms with Crippen molar-refractivity contribution in [1.82, 2.24) is 10.1 Å². The second kappa shape index (κ2) is 4.61. The van der Waals surface area contributed by atoms with Gasteiger partial charge in [-0.25, -0.2) is 0 Å². The van der Waals surface area contributed by atoms with Crippen LogP contribution in [0.2, 0.25) is 0 Å². The smallest absolute Gasteiger partial charge is 0.266 e. The molecule has 0 saturated carbocycles. The highest BCUT2D eigenvalue weighted by Gasteiger charge is 2.18. The van der Waals surface area contributed by atoms with Crippen molar-refractivity contribution in [3.63, 3.8) is 0 Å². The Hall–Kier alpha value is -1.56. The van der Waals surface area contributed by atoms with Crippen LogP contribution in [-0.2, 0) is 0 Å². The lowest BCUT2D eigenvalue weighted by Gasteiger charge is -2.09. The molecule has 0 bridgehead atoms. The van der Waals surface area contributed by atoms with Crippen molar-refractivity contribution in [2.24, 2.45) is 0 Å². The van der Waals surface area contributed by atoms with Crippen molar-refractivity contribution in [1.29, 1.82) is 0 Å². The second-order valence-corrected chi connectivity index (χ2v) is 5.28. The predicted molar refractivity (Wildman–Crippen MR) is 73.3 cm³/mol. The number of halogens is 1. The monoisotopic (exact) mass is 308 g/mol. The summed E-state index contributed by atoms with van der Waals surface area (Å²) in [6.07, 6.45) is 2.38. The van der Waals surface area contributed by atoms with E-state index in [4.69, 9.17) is 10.3 Å². The van der Waals surface area contributed by atoms with Crippen LogP contribution in [0.4, 0.5) is 11.6 Å². The molecule has 3 rings (SSSR count). The second-order valence-electron chi connectivity index (χ2n) is 4.37. The van der Waals surface area contributed by atoms with Gasteiger partial charge in [0.1, 0.15) is 0 Å². The van der Waals surface area contributed by atoms with Gasteiger partial charge in [0.2, 0.25) is 0 Å². The number of rotatable bonds is 2. The van der Waals surface area contributed by atoms with Crippen molar-refractivity contribution in [2.75, 3.05) is 23.7 Å². The van der Waals surface area contributed by atoms with E-state index >= 15 is 0 Å². The molecule has 1 aliphatic heterocycles. The maximum Gasteiger partial charge on any atom is 0.266 e. The molecule has 0 aliphatic carbocycles. The standard InChI is InChI=1S/C12H13BrN4O/c13-9-5-8(6-10(14)7-9)11-15-12(16-18-11)17-3-1-2-4-17/h5-7H,1-4,14H2. The minimum Gasteiger partial charge on any atom is -0.399 e. The highest BCUT2D eigenvalue weighted by Crippen LogP contribution is 2.27.